The Hall–Kier alpha value is -3.19. The highest BCUT2D eigenvalue weighted by Crippen LogP contribution is 2.40. The number of halogens is 1. The molecule has 8 heteroatoms. The molecular formula is C20H17ClN6O. The molecule has 28 heavy (non-hydrogen) atoms. The van der Waals surface area contributed by atoms with E-state index in [2.05, 4.69) is 20.4 Å². The number of benzene rings is 1. The van der Waals surface area contributed by atoms with E-state index in [1.807, 2.05) is 36.4 Å². The maximum absolute atomic E-state index is 13.1. The number of nitrogens with one attached hydrogen (secondary N) is 1. The fraction of sp³-hybridized carbons (Fsp3) is 0.200. The first-order chi connectivity index (χ1) is 13.7. The molecule has 1 aromatic carbocycles. The summed E-state index contributed by atoms with van der Waals surface area (Å²) >= 11 is 6.14. The summed E-state index contributed by atoms with van der Waals surface area (Å²) in [5.74, 6) is 0.672. The first-order valence-electron chi connectivity index (χ1n) is 9.08. The molecule has 140 valence electrons. The third-order valence-electron chi connectivity index (χ3n) is 5.13. The Balaban J connectivity index is 1.54. The number of aromatic nitrogens is 3. The fourth-order valence-electron chi connectivity index (χ4n) is 3.83. The van der Waals surface area contributed by atoms with Crippen LogP contribution in [0.4, 0.5) is 22.0 Å². The lowest BCUT2D eigenvalue weighted by Crippen LogP contribution is -2.48. The summed E-state index contributed by atoms with van der Waals surface area (Å²) in [5.41, 5.74) is 3.28. The van der Waals surface area contributed by atoms with Crippen LogP contribution in [0.5, 0.6) is 0 Å². The average molecular weight is 393 g/mol. The number of urea groups is 1. The second-order valence-corrected chi connectivity index (χ2v) is 7.31. The quantitative estimate of drug-likeness (QED) is 0.717. The van der Waals surface area contributed by atoms with Gasteiger partial charge in [0.1, 0.15) is 0 Å². The monoisotopic (exact) mass is 392 g/mol. The first kappa shape index (κ1) is 16.9. The van der Waals surface area contributed by atoms with Crippen LogP contribution in [0.2, 0.25) is 5.02 Å². The second kappa shape index (κ2) is 6.76. The Bertz CT molecular complexity index is 1040. The number of carbonyl (C=O) groups excluding carboxylic acids is 1. The standard InChI is InChI=1S/C20H17ClN6O/c21-14-3-1-2-13(10-14)17-4-5-18-19(25-17)27(16-7-9-26(18)12-16)20(28)24-15-6-8-22-23-11-15/h1-6,8,10-11,16H,7,9,12H2,(H,22,24,28)/t16-/m0/s1. The number of anilines is 3. The van der Waals surface area contributed by atoms with Crippen molar-refractivity contribution in [2.24, 2.45) is 0 Å². The van der Waals surface area contributed by atoms with Gasteiger partial charge in [0, 0.05) is 23.7 Å². The van der Waals surface area contributed by atoms with Crippen LogP contribution in [0.1, 0.15) is 6.42 Å². The van der Waals surface area contributed by atoms with E-state index < -0.39 is 0 Å². The fourth-order valence-corrected chi connectivity index (χ4v) is 4.02. The number of nitrogens with zero attached hydrogens (tertiary/aromatic N) is 5. The number of hydrogen-bond acceptors (Lipinski definition) is 5. The van der Waals surface area contributed by atoms with Crippen molar-refractivity contribution in [3.8, 4) is 11.3 Å². The zero-order valence-corrected chi connectivity index (χ0v) is 15.7. The zero-order chi connectivity index (χ0) is 19.1. The molecular weight excluding hydrogens is 376 g/mol. The van der Waals surface area contributed by atoms with Gasteiger partial charge in [-0.25, -0.2) is 9.78 Å². The maximum Gasteiger partial charge on any atom is 0.327 e. The Kier molecular flexibility index (Phi) is 4.09. The Morgan fingerprint density at radius 3 is 2.93 bits per heavy atom. The number of pyridine rings is 1. The number of amides is 2. The summed E-state index contributed by atoms with van der Waals surface area (Å²) in [6.07, 6.45) is 3.98. The highest BCUT2D eigenvalue weighted by atomic mass is 35.5. The number of rotatable bonds is 2. The molecule has 2 bridgehead atoms. The van der Waals surface area contributed by atoms with E-state index in [-0.39, 0.29) is 12.1 Å². The van der Waals surface area contributed by atoms with Crippen LogP contribution in [0.25, 0.3) is 11.3 Å². The molecule has 7 nitrogen and oxygen atoms in total. The van der Waals surface area contributed by atoms with Crippen LogP contribution < -0.4 is 15.1 Å². The van der Waals surface area contributed by atoms with Crippen LogP contribution in [0.3, 0.4) is 0 Å². The molecule has 2 aliphatic rings. The van der Waals surface area contributed by atoms with Crippen LogP contribution in [0, 0.1) is 0 Å². The van der Waals surface area contributed by atoms with E-state index >= 15 is 0 Å². The topological polar surface area (TPSA) is 74.2 Å². The van der Waals surface area contributed by atoms with Crippen molar-refractivity contribution in [3.05, 3.63) is 59.9 Å². The molecule has 0 saturated carbocycles. The van der Waals surface area contributed by atoms with E-state index in [1.165, 1.54) is 6.20 Å². The minimum atomic E-state index is -0.212. The lowest BCUT2D eigenvalue weighted by atomic mass is 10.1. The molecule has 4 heterocycles. The van der Waals surface area contributed by atoms with Gasteiger partial charge in [-0.1, -0.05) is 23.7 Å². The minimum absolute atomic E-state index is 0.0874. The summed E-state index contributed by atoms with van der Waals surface area (Å²) < 4.78 is 0. The summed E-state index contributed by atoms with van der Waals surface area (Å²) in [6.45, 7) is 1.73. The third-order valence-corrected chi connectivity index (χ3v) is 5.36. The molecule has 1 saturated heterocycles. The summed E-state index contributed by atoms with van der Waals surface area (Å²) in [7, 11) is 0. The molecule has 0 aliphatic carbocycles. The predicted octanol–water partition coefficient (Wildman–Crippen LogP) is 3.82. The summed E-state index contributed by atoms with van der Waals surface area (Å²) in [4.78, 5) is 22.0. The molecule has 1 fully saturated rings. The van der Waals surface area contributed by atoms with Gasteiger partial charge in [-0.15, -0.1) is 0 Å². The van der Waals surface area contributed by atoms with E-state index in [1.54, 1.807) is 17.2 Å². The van der Waals surface area contributed by atoms with Gasteiger partial charge in [-0.3, -0.25) is 4.90 Å². The van der Waals surface area contributed by atoms with Crippen LogP contribution >= 0.6 is 11.6 Å². The van der Waals surface area contributed by atoms with Crippen molar-refractivity contribution >= 4 is 34.8 Å². The van der Waals surface area contributed by atoms with Gasteiger partial charge >= 0.3 is 6.03 Å². The van der Waals surface area contributed by atoms with Gasteiger partial charge < -0.3 is 10.2 Å². The molecule has 0 radical (unpaired) electrons. The minimum Gasteiger partial charge on any atom is -0.366 e. The highest BCUT2D eigenvalue weighted by Gasteiger charge is 2.40. The molecule has 3 aromatic rings. The van der Waals surface area contributed by atoms with Crippen LogP contribution in [-0.2, 0) is 0 Å². The smallest absolute Gasteiger partial charge is 0.327 e. The molecule has 0 spiro atoms. The number of hydrogen-bond donors (Lipinski definition) is 1. The Morgan fingerprint density at radius 1 is 1.18 bits per heavy atom. The van der Waals surface area contributed by atoms with Gasteiger partial charge in [0.25, 0.3) is 0 Å². The van der Waals surface area contributed by atoms with Gasteiger partial charge in [-0.05, 0) is 36.8 Å². The van der Waals surface area contributed by atoms with Gasteiger partial charge in [-0.2, -0.15) is 10.2 Å². The number of fused-ring (bicyclic) bond motifs is 4. The molecule has 2 aliphatic heterocycles. The van der Waals surface area contributed by atoms with Gasteiger partial charge in [0.05, 0.1) is 35.5 Å². The Labute approximate surface area is 167 Å². The molecule has 1 atom stereocenters. The van der Waals surface area contributed by atoms with Crippen LogP contribution in [0.15, 0.2) is 54.9 Å². The SMILES string of the molecule is O=C(Nc1ccnnc1)N1c2nc(-c3cccc(Cl)c3)ccc2N2CC[C@H]1C2. The molecule has 0 unspecified atom stereocenters. The predicted molar refractivity (Wildman–Crippen MR) is 109 cm³/mol. The summed E-state index contributed by atoms with van der Waals surface area (Å²) in [5, 5.41) is 11.1. The van der Waals surface area contributed by atoms with Crippen LogP contribution in [-0.4, -0.2) is 40.3 Å². The highest BCUT2D eigenvalue weighted by molar-refractivity contribution is 6.30. The second-order valence-electron chi connectivity index (χ2n) is 6.87. The van der Waals surface area contributed by atoms with Crippen molar-refractivity contribution in [2.45, 2.75) is 12.5 Å². The third kappa shape index (κ3) is 2.93. The summed E-state index contributed by atoms with van der Waals surface area (Å²) in [6, 6.07) is 13.2. The molecule has 1 N–H and O–H groups in total. The van der Waals surface area contributed by atoms with Crippen molar-refractivity contribution < 1.29 is 4.79 Å². The maximum atomic E-state index is 13.1. The zero-order valence-electron chi connectivity index (χ0n) is 14.9. The van der Waals surface area contributed by atoms with Crippen molar-refractivity contribution in [3.63, 3.8) is 0 Å². The van der Waals surface area contributed by atoms with E-state index in [0.29, 0.717) is 16.5 Å². The van der Waals surface area contributed by atoms with Crippen molar-refractivity contribution in [1.29, 1.82) is 0 Å². The van der Waals surface area contributed by atoms with Crippen molar-refractivity contribution in [1.82, 2.24) is 15.2 Å². The lowest BCUT2D eigenvalue weighted by Gasteiger charge is -2.35. The molecule has 5 rings (SSSR count). The van der Waals surface area contributed by atoms with Gasteiger partial charge in [0.15, 0.2) is 5.82 Å². The van der Waals surface area contributed by atoms with Crippen molar-refractivity contribution in [2.75, 3.05) is 28.2 Å². The molecule has 2 amide bonds. The normalized spacial score (nSPS) is 17.4. The van der Waals surface area contributed by atoms with E-state index in [0.717, 1.165) is 36.5 Å². The van der Waals surface area contributed by atoms with Gasteiger partial charge in [0.2, 0.25) is 0 Å². The Morgan fingerprint density at radius 2 is 2.11 bits per heavy atom. The molecule has 2 aromatic heterocycles. The largest absolute Gasteiger partial charge is 0.366 e. The lowest BCUT2D eigenvalue weighted by molar-refractivity contribution is 0.255. The van der Waals surface area contributed by atoms with E-state index in [9.17, 15) is 4.79 Å². The number of carbonyl (C=O) groups is 1. The van der Waals surface area contributed by atoms with E-state index in [4.69, 9.17) is 16.6 Å². The average Bonchev–Trinajstić information content (AvgIpc) is 3.13. The first-order valence-corrected chi connectivity index (χ1v) is 9.46.